The Morgan fingerprint density at radius 1 is 1.00 bits per heavy atom. The summed E-state index contributed by atoms with van der Waals surface area (Å²) in [6.07, 6.45) is 3.50. The summed E-state index contributed by atoms with van der Waals surface area (Å²) in [6, 6.07) is 0. The molecule has 0 saturated carbocycles. The van der Waals surface area contributed by atoms with Gasteiger partial charge < -0.3 is 5.48 Å². The third-order valence-electron chi connectivity index (χ3n) is 0. The summed E-state index contributed by atoms with van der Waals surface area (Å²) in [7, 11) is 2.97. The van der Waals surface area contributed by atoms with Crippen molar-refractivity contribution in [2.24, 2.45) is 0 Å². The van der Waals surface area contributed by atoms with Crippen LogP contribution in [0.3, 0.4) is 0 Å². The van der Waals surface area contributed by atoms with Gasteiger partial charge in [-0.1, -0.05) is 18.7 Å². The lowest BCUT2D eigenvalue weighted by atomic mass is 10.8. The van der Waals surface area contributed by atoms with E-state index in [0.717, 1.165) is 0 Å². The second-order valence-corrected chi connectivity index (χ2v) is 0.816. The van der Waals surface area contributed by atoms with Gasteiger partial charge in [0.15, 0.2) is 0 Å². The third kappa shape index (κ3) is 2080. The van der Waals surface area contributed by atoms with E-state index in [4.69, 9.17) is 0 Å². The largest absolute Gasteiger partial charge is 0.412 e. The Kier molecular flexibility index (Phi) is 321. The Balaban J connectivity index is -0.0000000202. The summed E-state index contributed by atoms with van der Waals surface area (Å²) in [4.78, 5) is 0. The summed E-state index contributed by atoms with van der Waals surface area (Å²) in [5.41, 5.74) is 0. The third-order valence-corrected chi connectivity index (χ3v) is 0. The van der Waals surface area contributed by atoms with Crippen LogP contribution >= 0.6 is 0 Å². The molecular formula is C7H17OSi. The van der Waals surface area contributed by atoms with Crippen LogP contribution in [0.1, 0.15) is 13.8 Å². The lowest BCUT2D eigenvalue weighted by Gasteiger charge is -1.31. The van der Waals surface area contributed by atoms with E-state index in [9.17, 15) is 0 Å². The molecule has 0 amide bonds. The second-order valence-electron chi connectivity index (χ2n) is 0.816. The molecule has 0 aliphatic rings. The number of hydrogen-bond acceptors (Lipinski definition) is 0. The molecule has 0 unspecified atom stereocenters. The van der Waals surface area contributed by atoms with E-state index in [1.807, 2.05) is 13.8 Å². The topological polar surface area (TPSA) is 31.5 Å². The molecule has 0 aliphatic carbocycles. The fraction of sp³-hybridized carbons (Fsp3) is 0.429. The maximum atomic E-state index is 3.36. The van der Waals surface area contributed by atoms with Crippen molar-refractivity contribution in [3.05, 3.63) is 25.3 Å². The van der Waals surface area contributed by atoms with E-state index in [-0.39, 0.29) is 5.48 Å². The number of allylic oxidation sites excluding steroid dienone is 2. The monoisotopic (exact) mass is 145 g/mol. The van der Waals surface area contributed by atoms with Crippen LogP contribution in [0.25, 0.3) is 0 Å². The van der Waals surface area contributed by atoms with Crippen LogP contribution in [-0.2, 0) is 0 Å². The highest BCUT2D eigenvalue weighted by Crippen LogP contribution is 1.38. The molecule has 0 atom stereocenters. The highest BCUT2D eigenvalue weighted by Gasteiger charge is 1.15. The standard InChI is InChI=1S/2C3H6.CH3Si.H2O/c2*1-3-2;1-2;/h2*3H,1H2,2H3;1H3;1H2. The maximum Gasteiger partial charge on any atom is 0.0184 e. The van der Waals surface area contributed by atoms with Crippen molar-refractivity contribution in [3.63, 3.8) is 0 Å². The fourth-order valence-corrected chi connectivity index (χ4v) is 0. The van der Waals surface area contributed by atoms with Crippen LogP contribution < -0.4 is 0 Å². The van der Waals surface area contributed by atoms with Gasteiger partial charge in [0.2, 0.25) is 0 Å². The smallest absolute Gasteiger partial charge is 0.0184 e. The van der Waals surface area contributed by atoms with Crippen molar-refractivity contribution in [2.45, 2.75) is 20.4 Å². The predicted octanol–water partition coefficient (Wildman–Crippen LogP) is 1.76. The average Bonchev–Trinajstić information content (AvgIpc) is 1.75. The Morgan fingerprint density at radius 2 is 1.00 bits per heavy atom. The van der Waals surface area contributed by atoms with Crippen LogP contribution in [0.5, 0.6) is 0 Å². The lowest BCUT2D eigenvalue weighted by molar-refractivity contribution is 0.824. The van der Waals surface area contributed by atoms with Gasteiger partial charge >= 0.3 is 0 Å². The SMILES string of the molecule is C=CC.C=CC.C[Si].O. The zero-order valence-electron chi connectivity index (χ0n) is 6.57. The van der Waals surface area contributed by atoms with Gasteiger partial charge in [0.05, 0.1) is 0 Å². The lowest BCUT2D eigenvalue weighted by Crippen LogP contribution is -1.13. The summed E-state index contributed by atoms with van der Waals surface area (Å²) in [6.45, 7) is 12.3. The summed E-state index contributed by atoms with van der Waals surface area (Å²) >= 11 is 0. The van der Waals surface area contributed by atoms with E-state index in [2.05, 4.69) is 23.4 Å². The first kappa shape index (κ1) is 23.4. The molecule has 0 bridgehead atoms. The van der Waals surface area contributed by atoms with Crippen LogP contribution in [0, 0.1) is 0 Å². The zero-order chi connectivity index (χ0) is 7.41. The van der Waals surface area contributed by atoms with E-state index >= 15 is 0 Å². The normalized spacial score (nSPS) is 3.56. The van der Waals surface area contributed by atoms with E-state index in [0.29, 0.717) is 0 Å². The van der Waals surface area contributed by atoms with Crippen LogP contribution in [0.2, 0.25) is 6.55 Å². The maximum absolute atomic E-state index is 3.36. The Morgan fingerprint density at radius 3 is 1.00 bits per heavy atom. The van der Waals surface area contributed by atoms with Gasteiger partial charge in [-0.05, 0) is 13.8 Å². The minimum Gasteiger partial charge on any atom is -0.412 e. The molecule has 0 fully saturated rings. The van der Waals surface area contributed by atoms with Crippen molar-refractivity contribution in [3.8, 4) is 0 Å². The Labute approximate surface area is 62.2 Å². The molecule has 0 aromatic carbocycles. The Hall–Kier alpha value is -0.343. The van der Waals surface area contributed by atoms with Crippen molar-refractivity contribution < 1.29 is 5.48 Å². The van der Waals surface area contributed by atoms with E-state index in [1.165, 1.54) is 0 Å². The molecule has 1 nitrogen and oxygen atoms in total. The zero-order valence-corrected chi connectivity index (χ0v) is 7.57. The molecule has 0 aromatic heterocycles. The molecule has 55 valence electrons. The van der Waals surface area contributed by atoms with Gasteiger partial charge in [0, 0.05) is 10.2 Å². The average molecular weight is 145 g/mol. The quantitative estimate of drug-likeness (QED) is 0.367. The molecule has 0 saturated heterocycles. The molecule has 0 heterocycles. The number of hydrogen-bond donors (Lipinski definition) is 0. The van der Waals surface area contributed by atoms with Gasteiger partial charge in [-0.25, -0.2) is 0 Å². The number of rotatable bonds is 0. The van der Waals surface area contributed by atoms with Crippen molar-refractivity contribution in [1.82, 2.24) is 0 Å². The highest BCUT2D eigenvalue weighted by molar-refractivity contribution is 6.05. The van der Waals surface area contributed by atoms with E-state index in [1.54, 1.807) is 18.7 Å². The van der Waals surface area contributed by atoms with Gasteiger partial charge in [-0.2, -0.15) is 0 Å². The molecule has 3 radical (unpaired) electrons. The molecule has 2 N–H and O–H groups in total. The molecule has 0 aliphatic heterocycles. The molecule has 9 heavy (non-hydrogen) atoms. The molecule has 0 rings (SSSR count). The summed E-state index contributed by atoms with van der Waals surface area (Å²) in [5.74, 6) is 0. The Bertz CT molecular complexity index is 29.9. The van der Waals surface area contributed by atoms with Gasteiger partial charge in [-0.3, -0.25) is 0 Å². The molecule has 2 heteroatoms. The molecule has 0 aromatic rings. The summed E-state index contributed by atoms with van der Waals surface area (Å²) < 4.78 is 0. The van der Waals surface area contributed by atoms with Crippen LogP contribution in [0.4, 0.5) is 0 Å². The van der Waals surface area contributed by atoms with Crippen molar-refractivity contribution in [2.75, 3.05) is 0 Å². The first-order valence-electron chi connectivity index (χ1n) is 2.47. The van der Waals surface area contributed by atoms with Crippen LogP contribution in [-0.4, -0.2) is 15.7 Å². The highest BCUT2D eigenvalue weighted by atomic mass is 28.1. The summed E-state index contributed by atoms with van der Waals surface area (Å²) in [5, 5.41) is 0. The minimum atomic E-state index is 0. The first-order valence-corrected chi connectivity index (χ1v) is 3.47. The first-order chi connectivity index (χ1) is 3.83. The second kappa shape index (κ2) is 124. The van der Waals surface area contributed by atoms with Crippen LogP contribution in [0.15, 0.2) is 25.3 Å². The molecule has 0 spiro atoms. The molecular weight excluding hydrogens is 128 g/mol. The van der Waals surface area contributed by atoms with Gasteiger partial charge in [-0.15, -0.1) is 13.2 Å². The predicted molar refractivity (Wildman–Crippen MR) is 47.0 cm³/mol. The van der Waals surface area contributed by atoms with Gasteiger partial charge in [0.1, 0.15) is 0 Å². The van der Waals surface area contributed by atoms with Crippen molar-refractivity contribution in [1.29, 1.82) is 0 Å². The van der Waals surface area contributed by atoms with Crippen molar-refractivity contribution >= 4 is 10.2 Å². The van der Waals surface area contributed by atoms with Gasteiger partial charge in [0.25, 0.3) is 0 Å². The fourth-order valence-electron chi connectivity index (χ4n) is 0. The van der Waals surface area contributed by atoms with E-state index < -0.39 is 0 Å². The minimum absolute atomic E-state index is 0.